The number of ether oxygens (including phenoxy) is 1. The number of benzene rings is 2. The second kappa shape index (κ2) is 10.5. The number of halogens is 3. The van der Waals surface area contributed by atoms with Crippen molar-refractivity contribution < 1.29 is 27.5 Å². The summed E-state index contributed by atoms with van der Waals surface area (Å²) in [6, 6.07) is 9.49. The van der Waals surface area contributed by atoms with Gasteiger partial charge >= 0.3 is 6.18 Å². The lowest BCUT2D eigenvalue weighted by Gasteiger charge is -2.17. The Balaban J connectivity index is 1.59. The number of nitrogens with two attached hydrogens (primary N) is 1. The molecule has 0 aromatic heterocycles. The molecule has 4 N–H and O–H groups in total. The first kappa shape index (κ1) is 25.6. The molecule has 3 rings (SSSR count). The molecule has 7 nitrogen and oxygen atoms in total. The van der Waals surface area contributed by atoms with Gasteiger partial charge in [-0.25, -0.2) is 0 Å². The van der Waals surface area contributed by atoms with Crippen LogP contribution < -0.4 is 26.6 Å². The first-order valence-electron chi connectivity index (χ1n) is 10.5. The smallest absolute Gasteiger partial charge is 0.419 e. The van der Waals surface area contributed by atoms with E-state index in [9.17, 15) is 22.8 Å². The van der Waals surface area contributed by atoms with Gasteiger partial charge in [-0.3, -0.25) is 14.6 Å². The second-order valence-corrected chi connectivity index (χ2v) is 7.80. The van der Waals surface area contributed by atoms with Gasteiger partial charge in [-0.1, -0.05) is 36.3 Å². The Morgan fingerprint density at radius 3 is 2.46 bits per heavy atom. The van der Waals surface area contributed by atoms with Crippen LogP contribution in [0.5, 0.6) is 11.5 Å². The molecule has 0 atom stereocenters. The average Bonchev–Trinajstić information content (AvgIpc) is 3.60. The summed E-state index contributed by atoms with van der Waals surface area (Å²) in [5.41, 5.74) is 4.18. The molecule has 1 aliphatic rings. The van der Waals surface area contributed by atoms with Crippen LogP contribution in [0.1, 0.15) is 24.0 Å². The highest BCUT2D eigenvalue weighted by atomic mass is 19.4. The number of carbonyl (C=O) groups excluding carboxylic acids is 2. The highest BCUT2D eigenvalue weighted by Crippen LogP contribution is 2.38. The lowest BCUT2D eigenvalue weighted by atomic mass is 9.94. The normalized spacial score (nSPS) is 14.9. The van der Waals surface area contributed by atoms with Gasteiger partial charge in [0.2, 0.25) is 5.91 Å². The summed E-state index contributed by atoms with van der Waals surface area (Å²) in [4.78, 5) is 28.8. The average molecular weight is 482 g/mol. The minimum absolute atomic E-state index is 0.0273. The standard InChI is InChI=1S/C24H22BF3N4O3/c1-2-30-14-16(12-29)21(33)32-23(9-10-23)22(34)31-13-15-3-6-18(7-4-15)35-20-8-5-17(25)11-19(20)24(26,27)28/h2-8,11-12,14H,1,9-10,13,29H2,(H,31,34)(H,32,33)/b16-12+,30-14?. The van der Waals surface area contributed by atoms with Crippen molar-refractivity contribution in [2.75, 3.05) is 0 Å². The van der Waals surface area contributed by atoms with Crippen LogP contribution in [0.3, 0.4) is 0 Å². The predicted octanol–water partition coefficient (Wildman–Crippen LogP) is 2.61. The molecule has 35 heavy (non-hydrogen) atoms. The molecule has 180 valence electrons. The monoisotopic (exact) mass is 482 g/mol. The van der Waals surface area contributed by atoms with E-state index < -0.39 is 23.2 Å². The van der Waals surface area contributed by atoms with E-state index in [2.05, 4.69) is 22.2 Å². The van der Waals surface area contributed by atoms with Crippen LogP contribution >= 0.6 is 0 Å². The number of amides is 2. The molecule has 2 aromatic carbocycles. The first-order valence-corrected chi connectivity index (χ1v) is 10.5. The number of carbonyl (C=O) groups is 2. The molecule has 1 fully saturated rings. The molecular weight excluding hydrogens is 460 g/mol. The van der Waals surface area contributed by atoms with E-state index in [0.717, 1.165) is 18.3 Å². The van der Waals surface area contributed by atoms with E-state index in [1.165, 1.54) is 30.6 Å². The maximum atomic E-state index is 13.2. The number of aliphatic imine (C=N–C) groups is 1. The topological polar surface area (TPSA) is 106 Å². The minimum Gasteiger partial charge on any atom is -0.457 e. The summed E-state index contributed by atoms with van der Waals surface area (Å²) in [6.07, 6.45) is -0.113. The van der Waals surface area contributed by atoms with Gasteiger partial charge in [-0.05, 0) is 36.6 Å². The van der Waals surface area contributed by atoms with Crippen molar-refractivity contribution in [3.63, 3.8) is 0 Å². The third-order valence-corrected chi connectivity index (χ3v) is 5.21. The van der Waals surface area contributed by atoms with Crippen molar-refractivity contribution in [2.45, 2.75) is 31.1 Å². The molecule has 0 bridgehead atoms. The lowest BCUT2D eigenvalue weighted by Crippen LogP contribution is -2.49. The van der Waals surface area contributed by atoms with Crippen LogP contribution in [-0.4, -0.2) is 31.4 Å². The van der Waals surface area contributed by atoms with E-state index in [-0.39, 0.29) is 35.0 Å². The van der Waals surface area contributed by atoms with E-state index in [4.69, 9.17) is 18.3 Å². The number of nitrogens with one attached hydrogen (secondary N) is 2. The second-order valence-electron chi connectivity index (χ2n) is 7.80. The quantitative estimate of drug-likeness (QED) is 0.290. The first-order chi connectivity index (χ1) is 16.6. The van der Waals surface area contributed by atoms with Crippen molar-refractivity contribution in [3.05, 3.63) is 78.1 Å². The molecule has 0 saturated heterocycles. The highest BCUT2D eigenvalue weighted by Gasteiger charge is 2.51. The number of hydrogen-bond donors (Lipinski definition) is 3. The SMILES string of the molecule is [B]c1ccc(Oc2ccc(CNC(=O)C3(NC(=O)/C(C=NC=C)=C/N)CC3)cc2)c(C(F)(F)F)c1. The largest absolute Gasteiger partial charge is 0.457 e. The Hall–Kier alpha value is -4.02. The van der Waals surface area contributed by atoms with Gasteiger partial charge in [0.1, 0.15) is 24.9 Å². The van der Waals surface area contributed by atoms with Gasteiger partial charge in [0.05, 0.1) is 11.1 Å². The lowest BCUT2D eigenvalue weighted by molar-refractivity contribution is -0.138. The van der Waals surface area contributed by atoms with Crippen LogP contribution in [-0.2, 0) is 22.3 Å². The summed E-state index contributed by atoms with van der Waals surface area (Å²) in [7, 11) is 5.47. The van der Waals surface area contributed by atoms with Crippen molar-refractivity contribution in [2.24, 2.45) is 10.7 Å². The Morgan fingerprint density at radius 2 is 1.89 bits per heavy atom. The fraction of sp³-hybridized carbons (Fsp3) is 0.208. The molecule has 0 spiro atoms. The van der Waals surface area contributed by atoms with Crippen LogP contribution in [0.4, 0.5) is 13.2 Å². The van der Waals surface area contributed by atoms with Gasteiger partial charge < -0.3 is 21.1 Å². The van der Waals surface area contributed by atoms with Crippen LogP contribution in [0.25, 0.3) is 0 Å². The van der Waals surface area contributed by atoms with E-state index in [1.807, 2.05) is 0 Å². The van der Waals surface area contributed by atoms with Gasteiger partial charge in [0, 0.05) is 25.2 Å². The molecule has 2 aromatic rings. The highest BCUT2D eigenvalue weighted by molar-refractivity contribution is 6.32. The zero-order valence-electron chi connectivity index (χ0n) is 18.6. The molecule has 1 aliphatic carbocycles. The number of rotatable bonds is 9. The Labute approximate surface area is 201 Å². The fourth-order valence-corrected chi connectivity index (χ4v) is 3.15. The van der Waals surface area contributed by atoms with Crippen molar-refractivity contribution >= 4 is 31.3 Å². The molecule has 0 heterocycles. The van der Waals surface area contributed by atoms with Crippen LogP contribution in [0.15, 0.2) is 72.0 Å². The number of alkyl halides is 3. The number of nitrogens with zero attached hydrogens (tertiary/aromatic N) is 1. The van der Waals surface area contributed by atoms with Gasteiger partial charge in [-0.2, -0.15) is 13.2 Å². The zero-order valence-corrected chi connectivity index (χ0v) is 18.6. The zero-order chi connectivity index (χ0) is 25.6. The third kappa shape index (κ3) is 6.53. The summed E-state index contributed by atoms with van der Waals surface area (Å²) in [5, 5.41) is 5.43. The van der Waals surface area contributed by atoms with Gasteiger partial charge in [0.15, 0.2) is 0 Å². The summed E-state index contributed by atoms with van der Waals surface area (Å²) in [6.45, 7) is 3.56. The predicted molar refractivity (Wildman–Crippen MR) is 126 cm³/mol. The van der Waals surface area contributed by atoms with E-state index >= 15 is 0 Å². The van der Waals surface area contributed by atoms with E-state index in [0.29, 0.717) is 18.4 Å². The van der Waals surface area contributed by atoms with Crippen LogP contribution in [0, 0.1) is 0 Å². The van der Waals surface area contributed by atoms with Gasteiger partial charge in [-0.15, -0.1) is 0 Å². The summed E-state index contributed by atoms with van der Waals surface area (Å²) in [5.74, 6) is -1.08. The molecule has 0 unspecified atom stereocenters. The van der Waals surface area contributed by atoms with Crippen LogP contribution in [0.2, 0.25) is 0 Å². The van der Waals surface area contributed by atoms with E-state index in [1.54, 1.807) is 12.1 Å². The Morgan fingerprint density at radius 1 is 1.20 bits per heavy atom. The molecule has 2 radical (unpaired) electrons. The van der Waals surface area contributed by atoms with Gasteiger partial charge in [0.25, 0.3) is 5.91 Å². The number of hydrogen-bond acceptors (Lipinski definition) is 5. The molecule has 0 aliphatic heterocycles. The maximum absolute atomic E-state index is 13.2. The minimum atomic E-state index is -4.62. The molecule has 1 saturated carbocycles. The Bertz CT molecular complexity index is 1170. The fourth-order valence-electron chi connectivity index (χ4n) is 3.15. The molecule has 11 heteroatoms. The Kier molecular flexibility index (Phi) is 7.68. The van der Waals surface area contributed by atoms with Crippen molar-refractivity contribution in [1.82, 2.24) is 10.6 Å². The van der Waals surface area contributed by atoms with Crippen molar-refractivity contribution in [1.29, 1.82) is 0 Å². The maximum Gasteiger partial charge on any atom is 0.419 e. The summed E-state index contributed by atoms with van der Waals surface area (Å²) < 4.78 is 45.1. The summed E-state index contributed by atoms with van der Waals surface area (Å²) >= 11 is 0. The van der Waals surface area contributed by atoms with Crippen molar-refractivity contribution in [3.8, 4) is 11.5 Å². The molecular formula is C24H22BF3N4O3. The third-order valence-electron chi connectivity index (χ3n) is 5.21. The molecule has 2 amide bonds.